The predicted octanol–water partition coefficient (Wildman–Crippen LogP) is 2.00. The Morgan fingerprint density at radius 2 is 1.95 bits per heavy atom. The van der Waals surface area contributed by atoms with Crippen molar-refractivity contribution in [2.24, 2.45) is 0 Å². The van der Waals surface area contributed by atoms with Crippen molar-refractivity contribution in [2.45, 2.75) is 11.4 Å². The maximum atomic E-state index is 9.04. The number of thioether (sulfide) groups is 1. The molecule has 0 radical (unpaired) electrons. The molecule has 2 N–H and O–H groups in total. The van der Waals surface area contributed by atoms with Crippen LogP contribution in [0.5, 0.6) is 0 Å². The molecule has 1 aromatic carbocycles. The molecule has 0 spiro atoms. The van der Waals surface area contributed by atoms with Gasteiger partial charge in [0.05, 0.1) is 0 Å². The molecule has 0 aliphatic heterocycles. The van der Waals surface area contributed by atoms with Crippen molar-refractivity contribution in [3.8, 4) is 12.1 Å². The molecule has 0 atom stereocenters. The Morgan fingerprint density at radius 3 is 2.58 bits per heavy atom. The largest absolute Gasteiger partial charge is 0.369 e. The fourth-order valence-corrected chi connectivity index (χ4v) is 2.52. The molecule has 6 heteroatoms. The van der Waals surface area contributed by atoms with Gasteiger partial charge >= 0.3 is 0 Å². The van der Waals surface area contributed by atoms with Crippen LogP contribution in [0, 0.1) is 22.7 Å². The van der Waals surface area contributed by atoms with E-state index in [1.54, 1.807) is 16.3 Å². The quantitative estimate of drug-likeness (QED) is 0.857. The summed E-state index contributed by atoms with van der Waals surface area (Å²) in [7, 11) is 0. The highest BCUT2D eigenvalue weighted by Crippen LogP contribution is 2.19. The van der Waals surface area contributed by atoms with Crippen LogP contribution in [0.1, 0.15) is 11.4 Å². The average molecular weight is 269 g/mol. The number of nitrogen functional groups attached to an aromatic ring is 1. The molecule has 0 amide bonds. The van der Waals surface area contributed by atoms with Crippen LogP contribution in [-0.4, -0.2) is 15.3 Å². The van der Waals surface area contributed by atoms with Crippen LogP contribution in [-0.2, 0) is 6.54 Å². The summed E-state index contributed by atoms with van der Waals surface area (Å²) in [6.07, 6.45) is 0. The Balaban J connectivity index is 2.07. The molecular formula is C13H11N5S. The summed E-state index contributed by atoms with van der Waals surface area (Å²) >= 11 is 1.66. The molecule has 0 saturated heterocycles. The zero-order valence-electron chi connectivity index (χ0n) is 10.1. The first kappa shape index (κ1) is 13.0. The number of rotatable bonds is 4. The van der Waals surface area contributed by atoms with Gasteiger partial charge in [-0.05, 0) is 12.1 Å². The first-order chi connectivity index (χ1) is 9.26. The number of nitriles is 2. The van der Waals surface area contributed by atoms with Gasteiger partial charge in [-0.2, -0.15) is 10.5 Å². The molecule has 19 heavy (non-hydrogen) atoms. The molecule has 5 nitrogen and oxygen atoms in total. The van der Waals surface area contributed by atoms with Crippen LogP contribution < -0.4 is 5.73 Å². The van der Waals surface area contributed by atoms with Gasteiger partial charge < -0.3 is 10.3 Å². The van der Waals surface area contributed by atoms with E-state index in [9.17, 15) is 0 Å². The molecule has 2 aromatic rings. The summed E-state index contributed by atoms with van der Waals surface area (Å²) in [6, 6.07) is 13.8. The summed E-state index contributed by atoms with van der Waals surface area (Å²) in [5, 5.41) is 17.9. The maximum absolute atomic E-state index is 9.04. The average Bonchev–Trinajstić information content (AvgIpc) is 2.76. The third-order valence-corrected chi connectivity index (χ3v) is 3.53. The van der Waals surface area contributed by atoms with Crippen LogP contribution in [0.15, 0.2) is 35.2 Å². The van der Waals surface area contributed by atoms with Crippen LogP contribution >= 0.6 is 11.8 Å². The minimum absolute atomic E-state index is 0.0877. The van der Waals surface area contributed by atoms with Crippen molar-refractivity contribution in [1.82, 2.24) is 9.55 Å². The molecule has 94 valence electrons. The normalized spacial score (nSPS) is 9.79. The number of anilines is 1. The Morgan fingerprint density at radius 1 is 1.21 bits per heavy atom. The molecule has 0 aliphatic carbocycles. The van der Waals surface area contributed by atoms with Gasteiger partial charge in [-0.1, -0.05) is 18.2 Å². The Bertz CT molecular complexity index is 648. The minimum Gasteiger partial charge on any atom is -0.369 e. The summed E-state index contributed by atoms with van der Waals surface area (Å²) in [4.78, 5) is 5.03. The van der Waals surface area contributed by atoms with Gasteiger partial charge in [-0.3, -0.25) is 0 Å². The van der Waals surface area contributed by atoms with Gasteiger partial charge in [0.15, 0.2) is 11.4 Å². The fraction of sp³-hybridized carbons (Fsp3) is 0.154. The zero-order chi connectivity index (χ0) is 13.7. The third kappa shape index (κ3) is 2.87. The van der Waals surface area contributed by atoms with Gasteiger partial charge in [-0.25, -0.2) is 4.98 Å². The van der Waals surface area contributed by atoms with Gasteiger partial charge in [0.2, 0.25) is 5.95 Å². The van der Waals surface area contributed by atoms with E-state index in [-0.39, 0.29) is 17.3 Å². The minimum atomic E-state index is 0.0877. The van der Waals surface area contributed by atoms with Crippen LogP contribution in [0.2, 0.25) is 0 Å². The van der Waals surface area contributed by atoms with E-state index in [2.05, 4.69) is 4.98 Å². The molecule has 0 saturated carbocycles. The van der Waals surface area contributed by atoms with E-state index in [0.29, 0.717) is 6.54 Å². The molecule has 0 aliphatic rings. The van der Waals surface area contributed by atoms with Gasteiger partial charge in [0.25, 0.3) is 0 Å². The van der Waals surface area contributed by atoms with E-state index in [4.69, 9.17) is 16.3 Å². The molecule has 0 fully saturated rings. The highest BCUT2D eigenvalue weighted by Gasteiger charge is 2.14. The Labute approximate surface area is 115 Å². The van der Waals surface area contributed by atoms with Crippen molar-refractivity contribution >= 4 is 17.7 Å². The van der Waals surface area contributed by atoms with E-state index >= 15 is 0 Å². The first-order valence-corrected chi connectivity index (χ1v) is 6.59. The lowest BCUT2D eigenvalue weighted by Crippen LogP contribution is -2.07. The monoisotopic (exact) mass is 269 g/mol. The second-order valence-corrected chi connectivity index (χ2v) is 4.87. The second-order valence-electron chi connectivity index (χ2n) is 3.70. The highest BCUT2D eigenvalue weighted by molar-refractivity contribution is 7.99. The number of hydrogen-bond acceptors (Lipinski definition) is 5. The number of nitrogens with zero attached hydrogens (tertiary/aromatic N) is 4. The molecular weight excluding hydrogens is 258 g/mol. The second kappa shape index (κ2) is 5.94. The standard InChI is InChI=1S/C13H11N5S/c14-8-11-12(9-15)18(13(16)17-11)6-7-19-10-4-2-1-3-5-10/h1-5H,6-7H2,(H2,16,17). The third-order valence-electron chi connectivity index (χ3n) is 2.54. The van der Waals surface area contributed by atoms with Gasteiger partial charge in [0.1, 0.15) is 12.1 Å². The fourth-order valence-electron chi connectivity index (χ4n) is 1.66. The lowest BCUT2D eigenvalue weighted by Gasteiger charge is -2.05. The first-order valence-electron chi connectivity index (χ1n) is 5.60. The molecule has 2 rings (SSSR count). The summed E-state index contributed by atoms with van der Waals surface area (Å²) < 4.78 is 1.58. The predicted molar refractivity (Wildman–Crippen MR) is 73.2 cm³/mol. The van der Waals surface area contributed by atoms with Crippen LogP contribution in [0.4, 0.5) is 5.95 Å². The summed E-state index contributed by atoms with van der Waals surface area (Å²) in [5.74, 6) is 0.964. The summed E-state index contributed by atoms with van der Waals surface area (Å²) in [6.45, 7) is 0.545. The zero-order valence-corrected chi connectivity index (χ0v) is 10.9. The van der Waals surface area contributed by atoms with Crippen molar-refractivity contribution < 1.29 is 0 Å². The number of benzene rings is 1. The van der Waals surface area contributed by atoms with E-state index in [1.807, 2.05) is 42.5 Å². The molecule has 0 bridgehead atoms. The van der Waals surface area contributed by atoms with E-state index in [1.165, 1.54) is 0 Å². The smallest absolute Gasteiger partial charge is 0.202 e. The lowest BCUT2D eigenvalue weighted by molar-refractivity contribution is 0.772. The van der Waals surface area contributed by atoms with Gasteiger partial charge in [0, 0.05) is 17.2 Å². The van der Waals surface area contributed by atoms with E-state index < -0.39 is 0 Å². The molecule has 1 heterocycles. The van der Waals surface area contributed by atoms with Crippen LogP contribution in [0.25, 0.3) is 0 Å². The van der Waals surface area contributed by atoms with Crippen molar-refractivity contribution in [3.05, 3.63) is 41.7 Å². The van der Waals surface area contributed by atoms with Crippen LogP contribution in [0.3, 0.4) is 0 Å². The topological polar surface area (TPSA) is 91.4 Å². The Hall–Kier alpha value is -2.44. The van der Waals surface area contributed by atoms with Gasteiger partial charge in [-0.15, -0.1) is 11.8 Å². The van der Waals surface area contributed by atoms with Crippen molar-refractivity contribution in [1.29, 1.82) is 10.5 Å². The summed E-state index contributed by atoms with van der Waals surface area (Å²) in [5.41, 5.74) is 6.03. The lowest BCUT2D eigenvalue weighted by atomic mass is 10.3. The number of imidazole rings is 1. The maximum Gasteiger partial charge on any atom is 0.202 e. The molecule has 0 unspecified atom stereocenters. The number of hydrogen-bond donors (Lipinski definition) is 1. The Kier molecular flexibility index (Phi) is 4.07. The molecule has 1 aromatic heterocycles. The highest BCUT2D eigenvalue weighted by atomic mass is 32.2. The number of nitrogens with two attached hydrogens (primary N) is 1. The van der Waals surface area contributed by atoms with E-state index in [0.717, 1.165) is 10.6 Å². The SMILES string of the molecule is N#Cc1nc(N)n(CCSc2ccccc2)c1C#N. The van der Waals surface area contributed by atoms with Crippen molar-refractivity contribution in [2.75, 3.05) is 11.5 Å². The van der Waals surface area contributed by atoms with Crippen molar-refractivity contribution in [3.63, 3.8) is 0 Å². The number of aromatic nitrogens is 2.